The van der Waals surface area contributed by atoms with Crippen LogP contribution >= 0.6 is 0 Å². The van der Waals surface area contributed by atoms with E-state index in [1.807, 2.05) is 42.6 Å². The molecule has 1 N–H and O–H groups in total. The Hall–Kier alpha value is 0.420. The fourth-order valence-electron chi connectivity index (χ4n) is 0.332. The topological polar surface area (TPSA) is 29.5 Å². The van der Waals surface area contributed by atoms with Crippen molar-refractivity contribution in [1.82, 2.24) is 0 Å². The fourth-order valence-corrected chi connectivity index (χ4v) is 0.729. The number of hydrogen-bond donors (Lipinski definition) is 1. The molecule has 0 aliphatic rings. The molecule has 0 rings (SSSR count). The number of ether oxygens (including phenoxy) is 1. The van der Waals surface area contributed by atoms with E-state index in [1.165, 1.54) is 0 Å². The van der Waals surface area contributed by atoms with E-state index in [0.29, 0.717) is 0 Å². The summed E-state index contributed by atoms with van der Waals surface area (Å²) < 4.78 is 5.96. The van der Waals surface area contributed by atoms with Crippen LogP contribution in [0.15, 0.2) is 0 Å². The van der Waals surface area contributed by atoms with Crippen molar-refractivity contribution in [3.05, 3.63) is 0 Å². The molecule has 0 bridgehead atoms. The molecule has 0 aromatic carbocycles. The number of aliphatic hydroxyl groups is 1. The molecule has 0 heterocycles. The van der Waals surface area contributed by atoms with Gasteiger partial charge in [-0.2, -0.15) is 0 Å². The van der Waals surface area contributed by atoms with Crippen molar-refractivity contribution in [2.45, 2.75) is 34.0 Å². The van der Waals surface area contributed by atoms with Crippen LogP contribution in [0.4, 0.5) is 0 Å². The molecule has 2 nitrogen and oxygen atoms in total. The molecule has 10 heavy (non-hydrogen) atoms. The van der Waals surface area contributed by atoms with E-state index in [2.05, 4.69) is 0 Å². The van der Waals surface area contributed by atoms with Crippen molar-refractivity contribution in [3.8, 4) is 0 Å². The van der Waals surface area contributed by atoms with Gasteiger partial charge in [-0.3, -0.25) is 0 Å². The number of hydrogen-bond acceptors (Lipinski definition) is 2. The maximum atomic E-state index is 8.84. The molecular weight excluding hydrogens is 244 g/mol. The van der Waals surface area contributed by atoms with Gasteiger partial charge in [0.25, 0.3) is 0 Å². The average molecular weight is 258 g/mol. The monoisotopic (exact) mass is 260 g/mol. The van der Waals surface area contributed by atoms with Gasteiger partial charge < -0.3 is 0 Å². The molecule has 0 fully saturated rings. The van der Waals surface area contributed by atoms with E-state index in [9.17, 15) is 0 Å². The zero-order chi connectivity index (χ0) is 8.36. The Labute approximate surface area is 75.0 Å². The molecule has 3 heteroatoms. The Morgan fingerprint density at radius 2 is 1.90 bits per heavy atom. The van der Waals surface area contributed by atoms with Crippen molar-refractivity contribution in [2.24, 2.45) is 5.41 Å². The van der Waals surface area contributed by atoms with E-state index in [0.717, 1.165) is 3.74 Å². The Morgan fingerprint density at radius 1 is 1.50 bits per heavy atom. The quantitative estimate of drug-likeness (QED) is 0.583. The van der Waals surface area contributed by atoms with Gasteiger partial charge in [-0.25, -0.2) is 0 Å². The van der Waals surface area contributed by atoms with Crippen LogP contribution in [0.2, 0.25) is 0 Å². The van der Waals surface area contributed by atoms with Gasteiger partial charge in [-0.05, 0) is 0 Å². The van der Waals surface area contributed by atoms with Crippen LogP contribution in [-0.2, 0) is 4.74 Å². The molecule has 0 aliphatic heterocycles. The number of rotatable bonds is 2. The summed E-state index contributed by atoms with van der Waals surface area (Å²) in [5.41, 5.74) is 0.0292. The van der Waals surface area contributed by atoms with Crippen molar-refractivity contribution in [3.63, 3.8) is 0 Å². The minimum absolute atomic E-state index is 0.0292. The van der Waals surface area contributed by atoms with E-state index < -0.39 is 6.29 Å². The van der Waals surface area contributed by atoms with Crippen LogP contribution in [0.5, 0.6) is 0 Å². The van der Waals surface area contributed by atoms with Crippen molar-refractivity contribution < 1.29 is 9.84 Å². The first-order chi connectivity index (χ1) is 4.34. The molecule has 0 spiro atoms. The summed E-state index contributed by atoms with van der Waals surface area (Å²) in [5.74, 6) is 0. The molecule has 0 amide bonds. The maximum absolute atomic E-state index is 8.84. The van der Waals surface area contributed by atoms with Gasteiger partial charge in [0.2, 0.25) is 0 Å². The van der Waals surface area contributed by atoms with Crippen molar-refractivity contribution in [2.75, 3.05) is 0 Å². The van der Waals surface area contributed by atoms with E-state index >= 15 is 0 Å². The second-order valence-electron chi connectivity index (χ2n) is 3.25. The van der Waals surface area contributed by atoms with Crippen LogP contribution in [0.25, 0.3) is 0 Å². The van der Waals surface area contributed by atoms with Crippen LogP contribution in [0.3, 0.4) is 0 Å². The Bertz CT molecular complexity index is 124. The Morgan fingerprint density at radius 3 is 2.00 bits per heavy atom. The Balaban J connectivity index is 3.87. The van der Waals surface area contributed by atoms with Gasteiger partial charge in [0.15, 0.2) is 0 Å². The van der Waals surface area contributed by atoms with Gasteiger partial charge in [0.05, 0.1) is 0 Å². The first-order valence-corrected chi connectivity index (χ1v) is 4.39. The molecule has 1 atom stereocenters. The van der Waals surface area contributed by atoms with Gasteiger partial charge >= 0.3 is 74.8 Å². The van der Waals surface area contributed by atoms with Crippen molar-refractivity contribution in [1.29, 1.82) is 0 Å². The molecule has 0 saturated heterocycles. The van der Waals surface area contributed by atoms with Crippen molar-refractivity contribution >= 4 is 25.6 Å². The van der Waals surface area contributed by atoms with Gasteiger partial charge in [-0.1, -0.05) is 0 Å². The van der Waals surface area contributed by atoms with E-state index in [1.54, 1.807) is 6.92 Å². The SMILES string of the molecule is CC(O)OC(=[Te])C(C)(C)C. The molecule has 1 unspecified atom stereocenters. The summed E-state index contributed by atoms with van der Waals surface area (Å²) in [6.45, 7) is 7.75. The van der Waals surface area contributed by atoms with Crippen LogP contribution in [-0.4, -0.2) is 37.0 Å². The van der Waals surface area contributed by atoms with Gasteiger partial charge in [0, 0.05) is 0 Å². The van der Waals surface area contributed by atoms with E-state index in [4.69, 9.17) is 9.84 Å². The number of aliphatic hydroxyl groups excluding tert-OH is 1. The third-order valence-corrected chi connectivity index (χ3v) is 2.91. The molecular formula is C7H14O2Te. The molecule has 0 aliphatic carbocycles. The first-order valence-electron chi connectivity index (χ1n) is 3.23. The zero-order valence-electron chi connectivity index (χ0n) is 6.84. The van der Waals surface area contributed by atoms with E-state index in [-0.39, 0.29) is 5.41 Å². The van der Waals surface area contributed by atoms with Crippen LogP contribution < -0.4 is 0 Å². The van der Waals surface area contributed by atoms with Crippen LogP contribution in [0, 0.1) is 5.41 Å². The third-order valence-electron chi connectivity index (χ3n) is 0.890. The predicted molar refractivity (Wildman–Crippen MR) is 43.0 cm³/mol. The summed E-state index contributed by atoms with van der Waals surface area (Å²) in [6, 6.07) is 0. The minimum atomic E-state index is -0.693. The standard InChI is InChI=1S/C7H14O2Te/c1-5(8)9-6(10)7(2,3)4/h5,8H,1-4H3. The fraction of sp³-hybridized carbons (Fsp3) is 0.857. The zero-order valence-corrected chi connectivity index (χ0v) is 9.17. The molecule has 60 valence electrons. The second kappa shape index (κ2) is 3.71. The first kappa shape index (κ1) is 10.4. The molecule has 0 aromatic rings. The second-order valence-corrected chi connectivity index (χ2v) is 4.31. The average Bonchev–Trinajstić information content (AvgIpc) is 1.60. The van der Waals surface area contributed by atoms with Gasteiger partial charge in [0.1, 0.15) is 0 Å². The normalized spacial score (nSPS) is 14.5. The molecule has 0 aromatic heterocycles. The third kappa shape index (κ3) is 4.27. The summed E-state index contributed by atoms with van der Waals surface area (Å²) >= 11 is 1.81. The molecule has 0 saturated carbocycles. The summed E-state index contributed by atoms with van der Waals surface area (Å²) in [7, 11) is 0. The summed E-state index contributed by atoms with van der Waals surface area (Å²) in [5, 5.41) is 8.84. The summed E-state index contributed by atoms with van der Waals surface area (Å²) in [6.07, 6.45) is -0.693. The Kier molecular flexibility index (Phi) is 3.86. The predicted octanol–water partition coefficient (Wildman–Crippen LogP) is 0.686. The summed E-state index contributed by atoms with van der Waals surface area (Å²) in [4.78, 5) is 0. The van der Waals surface area contributed by atoms with Crippen LogP contribution in [0.1, 0.15) is 27.7 Å². The molecule has 0 radical (unpaired) electrons. The van der Waals surface area contributed by atoms with Gasteiger partial charge in [-0.15, -0.1) is 0 Å².